The molecule has 0 bridgehead atoms. The Morgan fingerprint density at radius 3 is 2.49 bits per heavy atom. The molecule has 2 saturated heterocycles. The van der Waals surface area contributed by atoms with E-state index in [2.05, 4.69) is 44.0 Å². The van der Waals surface area contributed by atoms with Crippen LogP contribution in [0.15, 0.2) is 55.0 Å². The van der Waals surface area contributed by atoms with E-state index in [0.29, 0.717) is 43.8 Å². The Morgan fingerprint density at radius 2 is 1.78 bits per heavy atom. The number of carbonyl (C=O) groups excluding carboxylic acids is 2. The number of hydrogen-bond donors (Lipinski definition) is 1. The minimum absolute atomic E-state index is 0.0694. The summed E-state index contributed by atoms with van der Waals surface area (Å²) >= 11 is 0. The highest BCUT2D eigenvalue weighted by Gasteiger charge is 2.37. The van der Waals surface area contributed by atoms with Gasteiger partial charge in [0.2, 0.25) is 5.95 Å². The zero-order valence-electron chi connectivity index (χ0n) is 23.6. The minimum Gasteiger partial charge on any atom is -0.447 e. The Morgan fingerprint density at radius 1 is 1.05 bits per heavy atom. The molecule has 5 rings (SSSR count). The number of hydrogen-bond acceptors (Lipinski definition) is 10. The van der Waals surface area contributed by atoms with E-state index in [-0.39, 0.29) is 30.7 Å². The number of anilines is 2. The van der Waals surface area contributed by atoms with E-state index in [9.17, 15) is 9.59 Å². The fraction of sp³-hybridized carbons (Fsp3) is 0.448. The molecule has 12 heteroatoms. The Hall–Kier alpha value is -4.32. The molecule has 1 N–H and O–H groups in total. The summed E-state index contributed by atoms with van der Waals surface area (Å²) in [7, 11) is 0. The second-order valence-electron chi connectivity index (χ2n) is 10.6. The smallest absolute Gasteiger partial charge is 0.415 e. The van der Waals surface area contributed by atoms with Gasteiger partial charge in [-0.05, 0) is 24.5 Å². The Bertz CT molecular complexity index is 1320. The first-order valence-corrected chi connectivity index (χ1v) is 13.9. The van der Waals surface area contributed by atoms with Crippen molar-refractivity contribution in [2.75, 3.05) is 43.0 Å². The van der Waals surface area contributed by atoms with Crippen molar-refractivity contribution in [2.45, 2.75) is 46.0 Å². The van der Waals surface area contributed by atoms with Gasteiger partial charge >= 0.3 is 12.2 Å². The van der Waals surface area contributed by atoms with Crippen LogP contribution in [0.5, 0.6) is 0 Å². The molecule has 2 atom stereocenters. The van der Waals surface area contributed by atoms with Gasteiger partial charge in [-0.1, -0.05) is 44.2 Å². The van der Waals surface area contributed by atoms with Gasteiger partial charge in [0.25, 0.3) is 0 Å². The van der Waals surface area contributed by atoms with Crippen molar-refractivity contribution in [1.82, 2.24) is 29.7 Å². The van der Waals surface area contributed by atoms with E-state index in [1.165, 1.54) is 0 Å². The molecule has 216 valence electrons. The lowest BCUT2D eigenvalue weighted by Gasteiger charge is -2.33. The van der Waals surface area contributed by atoms with Crippen molar-refractivity contribution in [3.8, 4) is 0 Å². The summed E-state index contributed by atoms with van der Waals surface area (Å²) in [6.07, 6.45) is 4.55. The molecular weight excluding hydrogens is 524 g/mol. The van der Waals surface area contributed by atoms with Gasteiger partial charge in [0.15, 0.2) is 0 Å². The summed E-state index contributed by atoms with van der Waals surface area (Å²) < 4.78 is 10.7. The highest BCUT2D eigenvalue weighted by Crippen LogP contribution is 2.26. The van der Waals surface area contributed by atoms with Gasteiger partial charge in [-0.2, -0.15) is 4.98 Å². The summed E-state index contributed by atoms with van der Waals surface area (Å²) in [5.74, 6) is 1.85. The van der Waals surface area contributed by atoms with Gasteiger partial charge in [-0.3, -0.25) is 9.80 Å². The first-order chi connectivity index (χ1) is 19.9. The molecule has 1 aromatic carbocycles. The van der Waals surface area contributed by atoms with E-state index in [1.54, 1.807) is 34.5 Å². The number of benzene rings is 1. The van der Waals surface area contributed by atoms with Crippen LogP contribution in [0.3, 0.4) is 0 Å². The van der Waals surface area contributed by atoms with Gasteiger partial charge < -0.3 is 19.7 Å². The minimum atomic E-state index is -0.394. The van der Waals surface area contributed by atoms with Gasteiger partial charge in [0, 0.05) is 50.3 Å². The van der Waals surface area contributed by atoms with Gasteiger partial charge in [-0.15, -0.1) is 0 Å². The van der Waals surface area contributed by atoms with Crippen LogP contribution < -0.4 is 10.2 Å². The number of carbonyl (C=O) groups is 2. The van der Waals surface area contributed by atoms with Crippen LogP contribution in [0.2, 0.25) is 0 Å². The quantitative estimate of drug-likeness (QED) is 0.412. The number of amides is 2. The molecule has 41 heavy (non-hydrogen) atoms. The van der Waals surface area contributed by atoms with E-state index in [0.717, 1.165) is 24.2 Å². The van der Waals surface area contributed by atoms with Crippen LogP contribution >= 0.6 is 0 Å². The number of aromatic nitrogens is 4. The molecule has 4 heterocycles. The molecule has 2 aromatic heterocycles. The molecule has 2 amide bonds. The zero-order chi connectivity index (χ0) is 28.8. The summed E-state index contributed by atoms with van der Waals surface area (Å²) in [6.45, 7) is 9.94. The van der Waals surface area contributed by atoms with Crippen molar-refractivity contribution in [3.05, 3.63) is 71.9 Å². The first kappa shape index (κ1) is 28.2. The predicted molar refractivity (Wildman–Crippen MR) is 152 cm³/mol. The third kappa shape index (κ3) is 7.07. The van der Waals surface area contributed by atoms with Crippen LogP contribution in [-0.4, -0.2) is 80.7 Å². The average molecular weight is 561 g/mol. The van der Waals surface area contributed by atoms with E-state index < -0.39 is 6.09 Å². The van der Waals surface area contributed by atoms with Gasteiger partial charge in [0.1, 0.15) is 24.9 Å². The molecule has 2 aliphatic rings. The molecule has 2 fully saturated rings. The fourth-order valence-corrected chi connectivity index (χ4v) is 4.79. The lowest BCUT2D eigenvalue weighted by Crippen LogP contribution is -2.48. The largest absolute Gasteiger partial charge is 0.447 e. The maximum absolute atomic E-state index is 12.4. The van der Waals surface area contributed by atoms with Gasteiger partial charge in [-0.25, -0.2) is 24.5 Å². The maximum atomic E-state index is 12.4. The SMILES string of the molecule is CC(Nc1nccc(N2C(=O)OC[C@@H]2C(C)C)n1)c1cnc(CN2CCN(C(=O)OCc3ccccc3)CC2)nc1. The number of ether oxygens (including phenoxy) is 2. The molecule has 0 spiro atoms. The molecule has 3 aromatic rings. The Kier molecular flexibility index (Phi) is 8.88. The molecule has 12 nitrogen and oxygen atoms in total. The van der Waals surface area contributed by atoms with E-state index in [1.807, 2.05) is 37.3 Å². The summed E-state index contributed by atoms with van der Waals surface area (Å²) in [5.41, 5.74) is 1.86. The second-order valence-corrected chi connectivity index (χ2v) is 10.6. The summed E-state index contributed by atoms with van der Waals surface area (Å²) in [5, 5.41) is 3.28. The van der Waals surface area contributed by atoms with Gasteiger partial charge in [0.05, 0.1) is 18.6 Å². The lowest BCUT2D eigenvalue weighted by molar-refractivity contribution is 0.0694. The van der Waals surface area contributed by atoms with Crippen LogP contribution in [0, 0.1) is 5.92 Å². The Labute approximate surface area is 239 Å². The third-order valence-electron chi connectivity index (χ3n) is 7.33. The topological polar surface area (TPSA) is 126 Å². The maximum Gasteiger partial charge on any atom is 0.415 e. The zero-order valence-corrected chi connectivity index (χ0v) is 23.6. The lowest BCUT2D eigenvalue weighted by atomic mass is 10.0. The second kappa shape index (κ2) is 12.9. The summed E-state index contributed by atoms with van der Waals surface area (Å²) in [6, 6.07) is 11.2. The number of rotatable bonds is 9. The van der Waals surface area contributed by atoms with Crippen LogP contribution in [-0.2, 0) is 22.6 Å². The fourth-order valence-electron chi connectivity index (χ4n) is 4.79. The van der Waals surface area contributed by atoms with Crippen LogP contribution in [0.25, 0.3) is 0 Å². The highest BCUT2D eigenvalue weighted by atomic mass is 16.6. The standard InChI is InChI=1S/C29H36N8O4/c1-20(2)24-19-41-29(39)37(24)26-9-10-30-27(34-26)33-21(3)23-15-31-25(32-16-23)17-35-11-13-36(14-12-35)28(38)40-18-22-7-5-4-6-8-22/h4-10,15-16,20-21,24H,11-14,17-19H2,1-3H3,(H,30,33,34)/t21?,24-/m1/s1. The van der Waals surface area contributed by atoms with Crippen LogP contribution in [0.1, 0.15) is 43.8 Å². The predicted octanol–water partition coefficient (Wildman–Crippen LogP) is 3.88. The Balaban J connectivity index is 1.10. The third-order valence-corrected chi connectivity index (χ3v) is 7.33. The number of nitrogens with zero attached hydrogens (tertiary/aromatic N) is 7. The monoisotopic (exact) mass is 560 g/mol. The number of nitrogens with one attached hydrogen (secondary N) is 1. The van der Waals surface area contributed by atoms with Crippen molar-refractivity contribution in [2.24, 2.45) is 5.92 Å². The van der Waals surface area contributed by atoms with E-state index in [4.69, 9.17) is 9.47 Å². The molecular formula is C29H36N8O4. The molecule has 1 unspecified atom stereocenters. The highest BCUT2D eigenvalue weighted by molar-refractivity contribution is 5.89. The summed E-state index contributed by atoms with van der Waals surface area (Å²) in [4.78, 5) is 48.3. The average Bonchev–Trinajstić information content (AvgIpc) is 3.39. The molecule has 0 radical (unpaired) electrons. The number of cyclic esters (lactones) is 1. The van der Waals surface area contributed by atoms with Crippen molar-refractivity contribution >= 4 is 24.0 Å². The van der Waals surface area contributed by atoms with Crippen molar-refractivity contribution < 1.29 is 19.1 Å². The molecule has 2 aliphatic heterocycles. The number of piperazine rings is 1. The van der Waals surface area contributed by atoms with Crippen molar-refractivity contribution in [3.63, 3.8) is 0 Å². The molecule has 0 aliphatic carbocycles. The first-order valence-electron chi connectivity index (χ1n) is 13.9. The van der Waals surface area contributed by atoms with Crippen molar-refractivity contribution in [1.29, 1.82) is 0 Å². The normalized spacial score (nSPS) is 18.3. The molecule has 0 saturated carbocycles. The van der Waals surface area contributed by atoms with Crippen LogP contribution in [0.4, 0.5) is 21.4 Å². The van der Waals surface area contributed by atoms with E-state index >= 15 is 0 Å².